The fourth-order valence-corrected chi connectivity index (χ4v) is 5.06. The Kier molecular flexibility index (Phi) is 6.03. The Morgan fingerprint density at radius 3 is 2.50 bits per heavy atom. The zero-order chi connectivity index (χ0) is 17.1. The molecule has 2 saturated carbocycles. The second-order valence-corrected chi connectivity index (χ2v) is 8.44. The number of likely N-dealkylation sites (tertiary alicyclic amines) is 1. The third kappa shape index (κ3) is 4.23. The lowest BCUT2D eigenvalue weighted by Crippen LogP contribution is -2.51. The fourth-order valence-electron chi connectivity index (χ4n) is 5.06. The molecule has 3 fully saturated rings. The molecule has 2 aliphatic carbocycles. The number of amides is 2. The van der Waals surface area contributed by atoms with Gasteiger partial charge < -0.3 is 20.2 Å². The topological polar surface area (TPSA) is 55.8 Å². The summed E-state index contributed by atoms with van der Waals surface area (Å²) in [4.78, 5) is 17.1. The molecular weight excluding hydrogens is 302 g/mol. The number of nitrogens with zero attached hydrogens (tertiary/aromatic N) is 2. The van der Waals surface area contributed by atoms with Crippen LogP contribution >= 0.6 is 0 Å². The first-order valence-electron chi connectivity index (χ1n) is 9.96. The van der Waals surface area contributed by atoms with E-state index in [1.807, 2.05) is 4.90 Å². The van der Waals surface area contributed by atoms with Crippen LogP contribution in [0.2, 0.25) is 0 Å². The number of aliphatic hydroxyl groups excluding tert-OH is 1. The van der Waals surface area contributed by atoms with Crippen LogP contribution < -0.4 is 5.32 Å². The van der Waals surface area contributed by atoms with E-state index in [-0.39, 0.29) is 24.2 Å². The highest BCUT2D eigenvalue weighted by atomic mass is 16.3. The smallest absolute Gasteiger partial charge is 0.317 e. The van der Waals surface area contributed by atoms with Crippen molar-refractivity contribution in [1.29, 1.82) is 0 Å². The Labute approximate surface area is 146 Å². The number of rotatable bonds is 3. The number of aliphatic hydroxyl groups is 1. The predicted octanol–water partition coefficient (Wildman–Crippen LogP) is 2.58. The van der Waals surface area contributed by atoms with Gasteiger partial charge in [0.15, 0.2) is 0 Å². The summed E-state index contributed by atoms with van der Waals surface area (Å²) in [5.74, 6) is 0.586. The average Bonchev–Trinajstić information content (AvgIpc) is 2.98. The van der Waals surface area contributed by atoms with Gasteiger partial charge in [-0.05, 0) is 65.0 Å². The molecule has 1 heterocycles. The molecular formula is C19H35N3O2. The van der Waals surface area contributed by atoms with Crippen molar-refractivity contribution in [1.82, 2.24) is 15.1 Å². The highest BCUT2D eigenvalue weighted by molar-refractivity contribution is 5.75. The van der Waals surface area contributed by atoms with Crippen LogP contribution in [-0.4, -0.2) is 65.8 Å². The Hall–Kier alpha value is -0.810. The van der Waals surface area contributed by atoms with Crippen LogP contribution in [0.4, 0.5) is 4.79 Å². The largest absolute Gasteiger partial charge is 0.391 e. The molecule has 5 nitrogen and oxygen atoms in total. The van der Waals surface area contributed by atoms with Crippen molar-refractivity contribution in [3.63, 3.8) is 0 Å². The first-order valence-corrected chi connectivity index (χ1v) is 9.96. The van der Waals surface area contributed by atoms with E-state index < -0.39 is 0 Å². The van der Waals surface area contributed by atoms with Gasteiger partial charge in [-0.1, -0.05) is 19.3 Å². The van der Waals surface area contributed by atoms with Crippen molar-refractivity contribution < 1.29 is 9.90 Å². The molecule has 3 aliphatic rings. The van der Waals surface area contributed by atoms with Crippen LogP contribution in [0.5, 0.6) is 0 Å². The molecule has 2 N–H and O–H groups in total. The van der Waals surface area contributed by atoms with Crippen molar-refractivity contribution in [2.24, 2.45) is 5.92 Å². The summed E-state index contributed by atoms with van der Waals surface area (Å²) in [5.41, 5.74) is 0. The second kappa shape index (κ2) is 8.05. The average molecular weight is 338 g/mol. The molecule has 24 heavy (non-hydrogen) atoms. The molecule has 138 valence electrons. The second-order valence-electron chi connectivity index (χ2n) is 8.44. The summed E-state index contributed by atoms with van der Waals surface area (Å²) in [7, 11) is 4.26. The van der Waals surface area contributed by atoms with Gasteiger partial charge in [0.1, 0.15) is 0 Å². The van der Waals surface area contributed by atoms with Crippen LogP contribution in [0.1, 0.15) is 64.2 Å². The predicted molar refractivity (Wildman–Crippen MR) is 96.0 cm³/mol. The van der Waals surface area contributed by atoms with E-state index in [1.165, 1.54) is 44.9 Å². The monoisotopic (exact) mass is 337 g/mol. The van der Waals surface area contributed by atoms with Crippen LogP contribution in [-0.2, 0) is 0 Å². The minimum atomic E-state index is -0.344. The minimum absolute atomic E-state index is 0.0616. The van der Waals surface area contributed by atoms with Crippen molar-refractivity contribution in [2.45, 2.75) is 88.4 Å². The number of β-amino-alcohol motifs (C(OH)–C–C–N with tert-alkyl or cyclic N) is 1. The van der Waals surface area contributed by atoms with Gasteiger partial charge in [0.05, 0.1) is 6.10 Å². The van der Waals surface area contributed by atoms with Crippen LogP contribution in [0.25, 0.3) is 0 Å². The summed E-state index contributed by atoms with van der Waals surface area (Å²) in [5, 5.41) is 13.4. The summed E-state index contributed by atoms with van der Waals surface area (Å²) in [6, 6.07) is 1.16. The van der Waals surface area contributed by atoms with Gasteiger partial charge >= 0.3 is 6.03 Å². The number of carbonyl (C=O) groups excluding carboxylic acids is 1. The number of urea groups is 1. The molecule has 2 amide bonds. The molecule has 4 atom stereocenters. The molecule has 3 rings (SSSR count). The lowest BCUT2D eigenvalue weighted by Gasteiger charge is -2.37. The molecule has 1 saturated heterocycles. The summed E-state index contributed by atoms with van der Waals surface area (Å²) >= 11 is 0. The lowest BCUT2D eigenvalue weighted by atomic mass is 9.83. The van der Waals surface area contributed by atoms with Crippen molar-refractivity contribution in [3.8, 4) is 0 Å². The first kappa shape index (κ1) is 18.0. The van der Waals surface area contributed by atoms with Gasteiger partial charge in [-0.2, -0.15) is 0 Å². The lowest BCUT2D eigenvalue weighted by molar-refractivity contribution is 0.142. The first-order chi connectivity index (χ1) is 11.5. The maximum absolute atomic E-state index is 12.9. The van der Waals surface area contributed by atoms with Gasteiger partial charge in [-0.25, -0.2) is 4.79 Å². The minimum Gasteiger partial charge on any atom is -0.391 e. The standard InChI is InChI=1S/C19H35N3O2/c1-21(2)16-10-6-9-15(11-16)20-19(24)22-13-17(23)12-18(22)14-7-4-3-5-8-14/h14-18,23H,3-13H2,1-2H3,(H,20,24)/t15-,16+,17+,18-/m0/s1. The summed E-state index contributed by atoms with van der Waals surface area (Å²) < 4.78 is 0. The highest BCUT2D eigenvalue weighted by Gasteiger charge is 2.40. The highest BCUT2D eigenvalue weighted by Crippen LogP contribution is 2.34. The molecule has 0 unspecified atom stereocenters. The van der Waals surface area contributed by atoms with E-state index >= 15 is 0 Å². The molecule has 0 aromatic heterocycles. The van der Waals surface area contributed by atoms with Crippen LogP contribution in [0.15, 0.2) is 0 Å². The number of hydrogen-bond donors (Lipinski definition) is 2. The molecule has 0 spiro atoms. The van der Waals surface area contributed by atoms with Gasteiger partial charge in [0.2, 0.25) is 0 Å². The maximum atomic E-state index is 12.9. The Balaban J connectivity index is 1.58. The van der Waals surface area contributed by atoms with E-state index in [1.54, 1.807) is 0 Å². The SMILES string of the molecule is CN(C)[C@@H]1CCC[C@H](NC(=O)N2C[C@H](O)C[C@H]2C2CCCCC2)C1. The Bertz CT molecular complexity index is 423. The van der Waals surface area contributed by atoms with Gasteiger partial charge in [0, 0.05) is 24.7 Å². The van der Waals surface area contributed by atoms with Crippen molar-refractivity contribution in [3.05, 3.63) is 0 Å². The Morgan fingerprint density at radius 1 is 1.04 bits per heavy atom. The number of nitrogens with one attached hydrogen (secondary N) is 1. The molecule has 0 bridgehead atoms. The van der Waals surface area contributed by atoms with E-state index in [9.17, 15) is 9.90 Å². The molecule has 5 heteroatoms. The fraction of sp³-hybridized carbons (Fsp3) is 0.947. The van der Waals surface area contributed by atoms with Crippen molar-refractivity contribution in [2.75, 3.05) is 20.6 Å². The van der Waals surface area contributed by atoms with Gasteiger partial charge in [0.25, 0.3) is 0 Å². The summed E-state index contributed by atoms with van der Waals surface area (Å²) in [6.45, 7) is 0.511. The third-order valence-electron chi connectivity index (χ3n) is 6.48. The van der Waals surface area contributed by atoms with Crippen molar-refractivity contribution >= 4 is 6.03 Å². The van der Waals surface area contributed by atoms with E-state index in [2.05, 4.69) is 24.3 Å². The Morgan fingerprint density at radius 2 is 1.79 bits per heavy atom. The summed E-state index contributed by atoms with van der Waals surface area (Å²) in [6.07, 6.45) is 11.3. The van der Waals surface area contributed by atoms with E-state index in [4.69, 9.17) is 0 Å². The molecule has 0 aromatic carbocycles. The van der Waals surface area contributed by atoms with Gasteiger partial charge in [-0.15, -0.1) is 0 Å². The molecule has 1 aliphatic heterocycles. The van der Waals surface area contributed by atoms with E-state index in [0.717, 1.165) is 19.3 Å². The third-order valence-corrected chi connectivity index (χ3v) is 6.48. The van der Waals surface area contributed by atoms with Crippen LogP contribution in [0.3, 0.4) is 0 Å². The van der Waals surface area contributed by atoms with Crippen LogP contribution in [0, 0.1) is 5.92 Å². The zero-order valence-electron chi connectivity index (χ0n) is 15.4. The van der Waals surface area contributed by atoms with E-state index in [0.29, 0.717) is 18.5 Å². The van der Waals surface area contributed by atoms with Gasteiger partial charge in [-0.3, -0.25) is 0 Å². The number of carbonyl (C=O) groups is 1. The maximum Gasteiger partial charge on any atom is 0.317 e. The molecule has 0 aromatic rings. The zero-order valence-corrected chi connectivity index (χ0v) is 15.4. The normalized spacial score (nSPS) is 35.4. The quantitative estimate of drug-likeness (QED) is 0.832. The molecule has 0 radical (unpaired) electrons. The number of hydrogen-bond acceptors (Lipinski definition) is 3.